The summed E-state index contributed by atoms with van der Waals surface area (Å²) in [6, 6.07) is 18.4. The molecular weight excluding hydrogens is 458 g/mol. The molecule has 1 N–H and O–H groups in total. The zero-order chi connectivity index (χ0) is 23.2. The van der Waals surface area contributed by atoms with Gasteiger partial charge >= 0.3 is 0 Å². The summed E-state index contributed by atoms with van der Waals surface area (Å²) in [5.41, 5.74) is 3.13. The highest BCUT2D eigenvalue weighted by atomic mass is 35.5. The first-order chi connectivity index (χ1) is 15.9. The molecule has 0 bridgehead atoms. The van der Waals surface area contributed by atoms with Gasteiger partial charge in [-0.3, -0.25) is 4.79 Å². The molecule has 1 aliphatic rings. The third-order valence-electron chi connectivity index (χ3n) is 6.22. The zero-order valence-electron chi connectivity index (χ0n) is 18.2. The van der Waals surface area contributed by atoms with Crippen LogP contribution in [0.5, 0.6) is 0 Å². The second kappa shape index (κ2) is 8.48. The number of aryl methyl sites for hydroxylation is 1. The summed E-state index contributed by atoms with van der Waals surface area (Å²) < 4.78 is 29.7. The molecule has 3 aromatic carbocycles. The number of hydrogen-bond acceptors (Lipinski definition) is 3. The second-order valence-corrected chi connectivity index (χ2v) is 10.5. The Morgan fingerprint density at radius 3 is 2.45 bits per heavy atom. The van der Waals surface area contributed by atoms with Crippen LogP contribution in [-0.4, -0.2) is 36.3 Å². The van der Waals surface area contributed by atoms with Crippen molar-refractivity contribution in [3.05, 3.63) is 71.2 Å². The minimum atomic E-state index is -3.73. The molecule has 0 unspecified atom stereocenters. The molecule has 170 valence electrons. The van der Waals surface area contributed by atoms with Gasteiger partial charge in [-0.2, -0.15) is 4.31 Å². The maximum atomic E-state index is 13.0. The molecule has 6 nitrogen and oxygen atoms in total. The van der Waals surface area contributed by atoms with E-state index in [0.29, 0.717) is 18.8 Å². The van der Waals surface area contributed by atoms with Crippen molar-refractivity contribution < 1.29 is 13.2 Å². The molecule has 8 heteroatoms. The summed E-state index contributed by atoms with van der Waals surface area (Å²) in [5.74, 6) is -0.386. The molecule has 1 amide bonds. The summed E-state index contributed by atoms with van der Waals surface area (Å²) in [6.07, 6.45) is 1.65. The lowest BCUT2D eigenvalue weighted by Crippen LogP contribution is -2.28. The van der Waals surface area contributed by atoms with Crippen LogP contribution in [0.3, 0.4) is 0 Å². The van der Waals surface area contributed by atoms with E-state index in [1.165, 1.54) is 16.4 Å². The molecule has 0 saturated carbocycles. The molecular formula is C25H24ClN3O3S. The fourth-order valence-electron chi connectivity index (χ4n) is 4.59. The van der Waals surface area contributed by atoms with E-state index in [-0.39, 0.29) is 21.4 Å². The van der Waals surface area contributed by atoms with Gasteiger partial charge in [0.2, 0.25) is 10.0 Å². The van der Waals surface area contributed by atoms with Crippen LogP contribution in [0.15, 0.2) is 65.6 Å². The van der Waals surface area contributed by atoms with Crippen molar-refractivity contribution in [1.29, 1.82) is 0 Å². The molecule has 1 aromatic heterocycles. The van der Waals surface area contributed by atoms with E-state index in [1.807, 2.05) is 30.3 Å². The van der Waals surface area contributed by atoms with Gasteiger partial charge in [0.1, 0.15) is 4.90 Å². The largest absolute Gasteiger partial charge is 0.341 e. The van der Waals surface area contributed by atoms with Gasteiger partial charge in [-0.15, -0.1) is 0 Å². The van der Waals surface area contributed by atoms with Crippen LogP contribution in [0.1, 0.15) is 30.1 Å². The number of carbonyl (C=O) groups excluding carboxylic acids is 1. The molecule has 5 rings (SSSR count). The normalized spacial score (nSPS) is 14.8. The number of benzene rings is 3. The first kappa shape index (κ1) is 21.9. The fourth-order valence-corrected chi connectivity index (χ4v) is 6.60. The fraction of sp³-hybridized carbons (Fsp3) is 0.240. The summed E-state index contributed by atoms with van der Waals surface area (Å²) >= 11 is 6.22. The predicted molar refractivity (Wildman–Crippen MR) is 133 cm³/mol. The van der Waals surface area contributed by atoms with Gasteiger partial charge in [0.05, 0.1) is 5.02 Å². The molecule has 1 fully saturated rings. The van der Waals surface area contributed by atoms with Crippen molar-refractivity contribution in [3.8, 4) is 0 Å². The Morgan fingerprint density at radius 1 is 0.970 bits per heavy atom. The Morgan fingerprint density at radius 2 is 1.70 bits per heavy atom. The Balaban J connectivity index is 1.48. The monoisotopic (exact) mass is 481 g/mol. The number of nitrogens with one attached hydrogen (secondary N) is 1. The van der Waals surface area contributed by atoms with E-state index in [4.69, 9.17) is 11.6 Å². The molecule has 0 radical (unpaired) electrons. The molecule has 1 saturated heterocycles. The number of rotatable bonds is 5. The highest BCUT2D eigenvalue weighted by Gasteiger charge is 2.29. The Bertz CT molecular complexity index is 1490. The quantitative estimate of drug-likeness (QED) is 0.409. The molecule has 0 spiro atoms. The minimum Gasteiger partial charge on any atom is -0.341 e. The van der Waals surface area contributed by atoms with Crippen molar-refractivity contribution in [2.24, 2.45) is 0 Å². The smallest absolute Gasteiger partial charge is 0.255 e. The number of halogens is 1. The van der Waals surface area contributed by atoms with Crippen molar-refractivity contribution in [2.75, 3.05) is 18.4 Å². The predicted octanol–water partition coefficient (Wildman–Crippen LogP) is 5.50. The topological polar surface area (TPSA) is 71.4 Å². The first-order valence-electron chi connectivity index (χ1n) is 11.0. The highest BCUT2D eigenvalue weighted by Crippen LogP contribution is 2.32. The lowest BCUT2D eigenvalue weighted by Gasteiger charge is -2.17. The number of hydrogen-bond donors (Lipinski definition) is 1. The number of amides is 1. The van der Waals surface area contributed by atoms with Crippen LogP contribution in [0.25, 0.3) is 21.8 Å². The van der Waals surface area contributed by atoms with Crippen LogP contribution < -0.4 is 5.32 Å². The van der Waals surface area contributed by atoms with Crippen LogP contribution in [0.2, 0.25) is 5.02 Å². The number of carbonyl (C=O) groups is 1. The molecule has 33 heavy (non-hydrogen) atoms. The van der Waals surface area contributed by atoms with Gasteiger partial charge in [0, 0.05) is 52.7 Å². The van der Waals surface area contributed by atoms with E-state index >= 15 is 0 Å². The van der Waals surface area contributed by atoms with Gasteiger partial charge in [-0.1, -0.05) is 29.8 Å². The number of sulfonamides is 1. The van der Waals surface area contributed by atoms with Gasteiger partial charge in [-0.25, -0.2) is 8.42 Å². The van der Waals surface area contributed by atoms with Crippen LogP contribution in [0, 0.1) is 0 Å². The average Bonchev–Trinajstić information content (AvgIpc) is 3.46. The summed E-state index contributed by atoms with van der Waals surface area (Å²) in [6.45, 7) is 3.89. The minimum absolute atomic E-state index is 0.0276. The zero-order valence-corrected chi connectivity index (χ0v) is 19.8. The molecule has 0 atom stereocenters. The van der Waals surface area contributed by atoms with Gasteiger partial charge in [0.15, 0.2) is 0 Å². The van der Waals surface area contributed by atoms with Gasteiger partial charge < -0.3 is 9.88 Å². The van der Waals surface area contributed by atoms with Crippen molar-refractivity contribution in [1.82, 2.24) is 8.87 Å². The molecule has 4 aromatic rings. The standard InChI is InChI=1S/C25H24ClN3O3S/c1-2-29-22-8-4-3-7-19(22)20-16-18(10-12-23(20)29)27-25(30)17-9-11-21(26)24(15-17)33(31,32)28-13-5-6-14-28/h3-4,7-12,15-16H,2,5-6,13-14H2,1H3,(H,27,30). The van der Waals surface area contributed by atoms with Crippen molar-refractivity contribution in [3.63, 3.8) is 0 Å². The van der Waals surface area contributed by atoms with Gasteiger partial charge in [-0.05, 0) is 62.2 Å². The molecule has 0 aliphatic carbocycles. The van der Waals surface area contributed by atoms with E-state index in [1.54, 1.807) is 6.07 Å². The third-order valence-corrected chi connectivity index (χ3v) is 8.60. The molecule has 1 aliphatic heterocycles. The Labute approximate surface area is 197 Å². The number of para-hydroxylation sites is 1. The summed E-state index contributed by atoms with van der Waals surface area (Å²) in [4.78, 5) is 13.0. The maximum Gasteiger partial charge on any atom is 0.255 e. The van der Waals surface area contributed by atoms with E-state index in [0.717, 1.165) is 41.2 Å². The maximum absolute atomic E-state index is 13.0. The van der Waals surface area contributed by atoms with Crippen molar-refractivity contribution in [2.45, 2.75) is 31.2 Å². The van der Waals surface area contributed by atoms with Gasteiger partial charge in [0.25, 0.3) is 5.91 Å². The van der Waals surface area contributed by atoms with E-state index < -0.39 is 10.0 Å². The summed E-state index contributed by atoms with van der Waals surface area (Å²) in [5, 5.41) is 5.20. The average molecular weight is 482 g/mol. The summed E-state index contributed by atoms with van der Waals surface area (Å²) in [7, 11) is -3.73. The SMILES string of the molecule is CCn1c2ccccc2c2cc(NC(=O)c3ccc(Cl)c(S(=O)(=O)N4CCCC4)c3)ccc21. The van der Waals surface area contributed by atoms with Crippen molar-refractivity contribution >= 4 is 55.0 Å². The highest BCUT2D eigenvalue weighted by molar-refractivity contribution is 7.89. The van der Waals surface area contributed by atoms with E-state index in [2.05, 4.69) is 28.9 Å². The Kier molecular flexibility index (Phi) is 5.64. The second-order valence-electron chi connectivity index (χ2n) is 8.20. The lowest BCUT2D eigenvalue weighted by atomic mass is 10.1. The Hall–Kier alpha value is -2.87. The molecule has 2 heterocycles. The lowest BCUT2D eigenvalue weighted by molar-refractivity contribution is 0.102. The van der Waals surface area contributed by atoms with Crippen LogP contribution in [0.4, 0.5) is 5.69 Å². The number of nitrogens with zero attached hydrogens (tertiary/aromatic N) is 2. The van der Waals surface area contributed by atoms with Crippen LogP contribution in [-0.2, 0) is 16.6 Å². The first-order valence-corrected chi connectivity index (χ1v) is 12.8. The van der Waals surface area contributed by atoms with Crippen LogP contribution >= 0.6 is 11.6 Å². The van der Waals surface area contributed by atoms with E-state index in [9.17, 15) is 13.2 Å². The number of anilines is 1. The number of fused-ring (bicyclic) bond motifs is 3. The third kappa shape index (κ3) is 3.80. The number of aromatic nitrogens is 1.